The van der Waals surface area contributed by atoms with E-state index in [9.17, 15) is 5.11 Å². The maximum absolute atomic E-state index is 10.6. The summed E-state index contributed by atoms with van der Waals surface area (Å²) in [7, 11) is 0. The third-order valence-electron chi connectivity index (χ3n) is 4.65. The average Bonchev–Trinajstić information content (AvgIpc) is 3.04. The van der Waals surface area contributed by atoms with E-state index in [0.29, 0.717) is 13.0 Å². The van der Waals surface area contributed by atoms with Gasteiger partial charge in [0, 0.05) is 3.57 Å². The van der Waals surface area contributed by atoms with E-state index in [4.69, 9.17) is 18.9 Å². The molecule has 5 nitrogen and oxygen atoms in total. The van der Waals surface area contributed by atoms with E-state index in [1.165, 1.54) is 0 Å². The molecule has 1 N–H and O–H groups in total. The molecule has 0 radical (unpaired) electrons. The summed E-state index contributed by atoms with van der Waals surface area (Å²) < 4.78 is 25.2. The van der Waals surface area contributed by atoms with Gasteiger partial charge in [0.1, 0.15) is 18.3 Å². The number of rotatable bonds is 7. The van der Waals surface area contributed by atoms with Gasteiger partial charge >= 0.3 is 0 Å². The van der Waals surface area contributed by atoms with Crippen molar-refractivity contribution in [3.63, 3.8) is 0 Å². The number of unbranched alkanes of at least 4 members (excludes halogenated alkanes) is 1. The molecule has 2 fully saturated rings. The van der Waals surface area contributed by atoms with Crippen molar-refractivity contribution in [1.82, 2.24) is 0 Å². The number of aliphatic hydroxyl groups is 1. The van der Waals surface area contributed by atoms with Crippen molar-refractivity contribution in [3.8, 4) is 0 Å². The van der Waals surface area contributed by atoms with Crippen LogP contribution < -0.4 is 0 Å². The number of halogens is 1. The number of hydrogen-bond donors (Lipinski definition) is 1. The summed E-state index contributed by atoms with van der Waals surface area (Å²) in [6.45, 7) is 6.30. The Bertz CT molecular complexity index is 579. The second-order valence-electron chi connectivity index (χ2n) is 7.15. The van der Waals surface area contributed by atoms with Crippen molar-refractivity contribution in [3.05, 3.63) is 33.4 Å². The molecule has 0 aromatic heterocycles. The van der Waals surface area contributed by atoms with Crippen LogP contribution in [-0.4, -0.2) is 41.6 Å². The van der Waals surface area contributed by atoms with Gasteiger partial charge in [0.15, 0.2) is 12.1 Å². The lowest BCUT2D eigenvalue weighted by molar-refractivity contribution is -0.230. The number of hydrogen-bond acceptors (Lipinski definition) is 5. The van der Waals surface area contributed by atoms with Gasteiger partial charge in [0.2, 0.25) is 0 Å². The second kappa shape index (κ2) is 8.19. The first kappa shape index (κ1) is 19.5. The molecule has 0 amide bonds. The summed E-state index contributed by atoms with van der Waals surface area (Å²) in [6.07, 6.45) is 0.493. The molecule has 0 unspecified atom stereocenters. The summed E-state index contributed by atoms with van der Waals surface area (Å²) in [5.41, 5.74) is 1.12. The molecule has 0 bridgehead atoms. The smallest absolute Gasteiger partial charge is 0.190 e. The standard InChI is InChI=1S/C19H27IO5/c1-4-5-10-14(21)15-16(17-18(23-15)25-19(2,3)24-17)22-11-12-8-6-7-9-13(12)20/h6-9,14-18,21H,4-5,10-11H2,1-3H3/t14-,15+,16-,17+,18+/m0/s1. The molecule has 0 saturated carbocycles. The van der Waals surface area contributed by atoms with Crippen molar-refractivity contribution in [2.75, 3.05) is 0 Å². The van der Waals surface area contributed by atoms with Crippen LogP contribution in [-0.2, 0) is 25.6 Å². The highest BCUT2D eigenvalue weighted by molar-refractivity contribution is 14.1. The second-order valence-corrected chi connectivity index (χ2v) is 8.31. The Morgan fingerprint density at radius 2 is 2.04 bits per heavy atom. The van der Waals surface area contributed by atoms with E-state index >= 15 is 0 Å². The molecule has 5 atom stereocenters. The molecule has 2 aliphatic heterocycles. The molecule has 140 valence electrons. The van der Waals surface area contributed by atoms with E-state index in [0.717, 1.165) is 22.0 Å². The highest BCUT2D eigenvalue weighted by Gasteiger charge is 2.56. The van der Waals surface area contributed by atoms with Crippen LogP contribution in [0.3, 0.4) is 0 Å². The molecule has 0 aliphatic carbocycles. The molecular weight excluding hydrogens is 435 g/mol. The van der Waals surface area contributed by atoms with Gasteiger partial charge in [-0.1, -0.05) is 38.0 Å². The predicted molar refractivity (Wildman–Crippen MR) is 102 cm³/mol. The lowest BCUT2D eigenvalue weighted by atomic mass is 10.0. The Balaban J connectivity index is 1.71. The lowest BCUT2D eigenvalue weighted by Crippen LogP contribution is -2.42. The predicted octanol–water partition coefficient (Wildman–Crippen LogP) is 3.60. The van der Waals surface area contributed by atoms with Gasteiger partial charge in [0.05, 0.1) is 12.7 Å². The molecule has 25 heavy (non-hydrogen) atoms. The molecule has 2 saturated heterocycles. The highest BCUT2D eigenvalue weighted by Crippen LogP contribution is 2.40. The van der Waals surface area contributed by atoms with Crippen molar-refractivity contribution in [2.24, 2.45) is 0 Å². The van der Waals surface area contributed by atoms with Crippen LogP contribution in [0, 0.1) is 3.57 Å². The Morgan fingerprint density at radius 1 is 1.28 bits per heavy atom. The highest BCUT2D eigenvalue weighted by atomic mass is 127. The summed E-state index contributed by atoms with van der Waals surface area (Å²) >= 11 is 2.30. The van der Waals surface area contributed by atoms with Crippen LogP contribution in [0.4, 0.5) is 0 Å². The third-order valence-corrected chi connectivity index (χ3v) is 5.70. The van der Waals surface area contributed by atoms with E-state index in [1.807, 2.05) is 32.0 Å². The molecule has 2 aliphatic rings. The van der Waals surface area contributed by atoms with Gasteiger partial charge in [-0.3, -0.25) is 0 Å². The minimum Gasteiger partial charge on any atom is -0.390 e. The first-order chi connectivity index (χ1) is 11.9. The van der Waals surface area contributed by atoms with Gasteiger partial charge < -0.3 is 24.1 Å². The number of benzene rings is 1. The van der Waals surface area contributed by atoms with Crippen molar-refractivity contribution >= 4 is 22.6 Å². The quantitative estimate of drug-likeness (QED) is 0.628. The van der Waals surface area contributed by atoms with E-state index in [1.54, 1.807) is 0 Å². The van der Waals surface area contributed by atoms with Crippen molar-refractivity contribution in [2.45, 2.75) is 83.1 Å². The lowest BCUT2D eigenvalue weighted by Gasteiger charge is -2.28. The minimum absolute atomic E-state index is 0.322. The minimum atomic E-state index is -0.697. The number of fused-ring (bicyclic) bond motifs is 1. The topological polar surface area (TPSA) is 57.2 Å². The first-order valence-corrected chi connectivity index (χ1v) is 10.0. The molecule has 1 aromatic carbocycles. The first-order valence-electron chi connectivity index (χ1n) is 8.95. The van der Waals surface area contributed by atoms with Crippen LogP contribution in [0.2, 0.25) is 0 Å². The summed E-state index contributed by atoms with van der Waals surface area (Å²) in [5.74, 6) is -0.697. The van der Waals surface area contributed by atoms with Crippen LogP contribution >= 0.6 is 22.6 Å². The fourth-order valence-electron chi connectivity index (χ4n) is 3.38. The van der Waals surface area contributed by atoms with E-state index in [-0.39, 0.29) is 12.2 Å². The van der Waals surface area contributed by atoms with Gasteiger partial charge in [-0.05, 0) is 54.5 Å². The largest absolute Gasteiger partial charge is 0.390 e. The Labute approximate surface area is 163 Å². The van der Waals surface area contributed by atoms with E-state index in [2.05, 4.69) is 35.6 Å². The van der Waals surface area contributed by atoms with Gasteiger partial charge in [-0.2, -0.15) is 0 Å². The molecular formula is C19H27IO5. The Kier molecular flexibility index (Phi) is 6.39. The summed E-state index contributed by atoms with van der Waals surface area (Å²) in [5, 5.41) is 10.6. The van der Waals surface area contributed by atoms with Gasteiger partial charge in [-0.25, -0.2) is 0 Å². The summed E-state index contributed by atoms with van der Waals surface area (Å²) in [6, 6.07) is 8.11. The molecule has 3 rings (SSSR count). The number of ether oxygens (including phenoxy) is 4. The van der Waals surface area contributed by atoms with Crippen LogP contribution in [0.15, 0.2) is 24.3 Å². The van der Waals surface area contributed by atoms with Crippen molar-refractivity contribution in [1.29, 1.82) is 0 Å². The zero-order valence-electron chi connectivity index (χ0n) is 15.0. The van der Waals surface area contributed by atoms with Gasteiger partial charge in [0.25, 0.3) is 0 Å². The van der Waals surface area contributed by atoms with Crippen LogP contribution in [0.1, 0.15) is 45.6 Å². The maximum Gasteiger partial charge on any atom is 0.190 e. The molecule has 2 heterocycles. The zero-order chi connectivity index (χ0) is 18.0. The van der Waals surface area contributed by atoms with E-state index < -0.39 is 24.3 Å². The number of aliphatic hydroxyl groups excluding tert-OH is 1. The third kappa shape index (κ3) is 4.54. The Hall–Kier alpha value is -0.250. The Morgan fingerprint density at radius 3 is 2.76 bits per heavy atom. The normalized spacial score (nSPS) is 31.9. The fraction of sp³-hybridized carbons (Fsp3) is 0.684. The summed E-state index contributed by atoms with van der Waals surface area (Å²) in [4.78, 5) is 0. The van der Waals surface area contributed by atoms with Crippen LogP contribution in [0.5, 0.6) is 0 Å². The maximum atomic E-state index is 10.6. The molecule has 0 spiro atoms. The molecule has 6 heteroatoms. The SMILES string of the molecule is CCCC[C@H](O)[C@H]1O[C@@H]2OC(C)(C)O[C@@H]2[C@H]1OCc1ccccc1I. The fourth-order valence-corrected chi connectivity index (χ4v) is 3.93. The monoisotopic (exact) mass is 462 g/mol. The van der Waals surface area contributed by atoms with Crippen molar-refractivity contribution < 1.29 is 24.1 Å². The zero-order valence-corrected chi connectivity index (χ0v) is 17.1. The average molecular weight is 462 g/mol. The van der Waals surface area contributed by atoms with Gasteiger partial charge in [-0.15, -0.1) is 0 Å². The molecule has 1 aromatic rings. The van der Waals surface area contributed by atoms with Crippen LogP contribution in [0.25, 0.3) is 0 Å².